The molecule has 9 heavy (non-hydrogen) atoms. The normalized spacial score (nSPS) is 26.1. The lowest BCUT2D eigenvalue weighted by Gasteiger charge is -2.12. The summed E-state index contributed by atoms with van der Waals surface area (Å²) < 4.78 is 4.33. The minimum absolute atomic E-state index is 0.210. The summed E-state index contributed by atoms with van der Waals surface area (Å²) >= 11 is 0. The molecule has 1 atom stereocenters. The summed E-state index contributed by atoms with van der Waals surface area (Å²) in [6.45, 7) is 0. The van der Waals surface area contributed by atoms with Crippen LogP contribution in [0.25, 0.3) is 0 Å². The smallest absolute Gasteiger partial charge is 0.255 e. The zero-order valence-electron chi connectivity index (χ0n) is 4.48. The van der Waals surface area contributed by atoms with E-state index < -0.39 is 12.0 Å². The van der Waals surface area contributed by atoms with Gasteiger partial charge in [-0.2, -0.15) is 0 Å². The van der Waals surface area contributed by atoms with Gasteiger partial charge in [0.05, 0.1) is 0 Å². The van der Waals surface area contributed by atoms with Crippen LogP contribution in [0.1, 0.15) is 0 Å². The molecule has 50 valence electrons. The molecule has 1 aliphatic heterocycles. The predicted octanol–water partition coefficient (Wildman–Crippen LogP) is 0.176. The van der Waals surface area contributed by atoms with Crippen molar-refractivity contribution in [2.24, 2.45) is 0 Å². The molecule has 0 bridgehead atoms. The molecule has 0 fully saturated rings. The van der Waals surface area contributed by atoms with Crippen molar-refractivity contribution < 1.29 is 20.1 Å². The third-order valence-electron chi connectivity index (χ3n) is 0.866. The number of aliphatic hydroxyl groups is 3. The van der Waals surface area contributed by atoms with Gasteiger partial charge in [0.2, 0.25) is 0 Å². The largest absolute Gasteiger partial charge is 0.506 e. The van der Waals surface area contributed by atoms with Crippen LogP contribution in [0.5, 0.6) is 0 Å². The number of hydrogen-bond acceptors (Lipinski definition) is 4. The number of rotatable bonds is 0. The van der Waals surface area contributed by atoms with E-state index in [2.05, 4.69) is 4.74 Å². The summed E-state index contributed by atoms with van der Waals surface area (Å²) in [4.78, 5) is 0. The fourth-order valence-electron chi connectivity index (χ4n) is 0.461. The van der Waals surface area contributed by atoms with E-state index >= 15 is 0 Å². The molecule has 0 spiro atoms. The van der Waals surface area contributed by atoms with Gasteiger partial charge in [-0.25, -0.2) is 0 Å². The van der Waals surface area contributed by atoms with Crippen molar-refractivity contribution in [2.45, 2.75) is 6.29 Å². The van der Waals surface area contributed by atoms with E-state index in [0.717, 1.165) is 12.3 Å². The maximum absolute atomic E-state index is 8.63. The van der Waals surface area contributed by atoms with Gasteiger partial charge in [0.25, 0.3) is 6.29 Å². The molecule has 3 N–H and O–H groups in total. The number of allylic oxidation sites excluding steroid dienone is 1. The Hall–Kier alpha value is -1.16. The molecule has 0 unspecified atom stereocenters. The van der Waals surface area contributed by atoms with Crippen LogP contribution in [-0.2, 0) is 4.74 Å². The Bertz CT molecular complexity index is 170. The van der Waals surface area contributed by atoms with E-state index in [0.29, 0.717) is 0 Å². The standard InChI is InChI=1S/C5H6O4/c6-3-1-4(7)5(8)9-2-3/h1-2,5-8H/t5-/m0/s1. The number of aliphatic hydroxyl groups excluding tert-OH is 3. The Morgan fingerprint density at radius 1 is 1.44 bits per heavy atom. The van der Waals surface area contributed by atoms with Crippen LogP contribution in [-0.4, -0.2) is 21.6 Å². The van der Waals surface area contributed by atoms with Crippen molar-refractivity contribution >= 4 is 0 Å². The second-order valence-corrected chi connectivity index (χ2v) is 1.60. The molecule has 4 heteroatoms. The van der Waals surface area contributed by atoms with Gasteiger partial charge in [-0.3, -0.25) is 0 Å². The molecule has 0 amide bonds. The lowest BCUT2D eigenvalue weighted by molar-refractivity contribution is -0.0550. The van der Waals surface area contributed by atoms with Crippen LogP contribution in [0.4, 0.5) is 0 Å². The Kier molecular flexibility index (Phi) is 1.32. The van der Waals surface area contributed by atoms with E-state index in [9.17, 15) is 0 Å². The molecule has 1 heterocycles. The first-order chi connectivity index (χ1) is 4.20. The van der Waals surface area contributed by atoms with Crippen LogP contribution in [0.2, 0.25) is 0 Å². The monoisotopic (exact) mass is 130 g/mol. The molecule has 1 rings (SSSR count). The van der Waals surface area contributed by atoms with Crippen molar-refractivity contribution in [3.63, 3.8) is 0 Å². The Labute approximate surface area is 51.3 Å². The lowest BCUT2D eigenvalue weighted by Crippen LogP contribution is -2.15. The van der Waals surface area contributed by atoms with Crippen molar-refractivity contribution in [3.8, 4) is 0 Å². The van der Waals surface area contributed by atoms with E-state index in [4.69, 9.17) is 15.3 Å². The fourth-order valence-corrected chi connectivity index (χ4v) is 0.461. The highest BCUT2D eigenvalue weighted by atomic mass is 16.6. The minimum atomic E-state index is -1.33. The Morgan fingerprint density at radius 2 is 2.11 bits per heavy atom. The molecule has 0 aromatic heterocycles. The highest BCUT2D eigenvalue weighted by Crippen LogP contribution is 2.10. The lowest BCUT2D eigenvalue weighted by atomic mass is 10.3. The molecule has 0 saturated heterocycles. The molecule has 0 aromatic carbocycles. The second-order valence-electron chi connectivity index (χ2n) is 1.60. The predicted molar refractivity (Wildman–Crippen MR) is 28.5 cm³/mol. The van der Waals surface area contributed by atoms with Gasteiger partial charge in [-0.1, -0.05) is 0 Å². The maximum atomic E-state index is 8.63. The molecule has 0 aliphatic carbocycles. The van der Waals surface area contributed by atoms with Crippen LogP contribution in [0.15, 0.2) is 23.9 Å². The molecular weight excluding hydrogens is 124 g/mol. The van der Waals surface area contributed by atoms with E-state index in [1.165, 1.54) is 0 Å². The topological polar surface area (TPSA) is 69.9 Å². The van der Waals surface area contributed by atoms with Gasteiger partial charge in [0.1, 0.15) is 6.26 Å². The summed E-state index contributed by atoms with van der Waals surface area (Å²) in [5.74, 6) is -0.604. The molecule has 0 saturated carbocycles. The molecule has 0 radical (unpaired) electrons. The van der Waals surface area contributed by atoms with Crippen molar-refractivity contribution in [2.75, 3.05) is 0 Å². The van der Waals surface area contributed by atoms with Gasteiger partial charge >= 0.3 is 0 Å². The third kappa shape index (κ3) is 1.14. The van der Waals surface area contributed by atoms with Gasteiger partial charge in [-0.15, -0.1) is 0 Å². The summed E-state index contributed by atoms with van der Waals surface area (Å²) in [5, 5.41) is 25.8. The number of hydrogen-bond donors (Lipinski definition) is 3. The minimum Gasteiger partial charge on any atom is -0.506 e. The van der Waals surface area contributed by atoms with Crippen LogP contribution in [0.3, 0.4) is 0 Å². The molecular formula is C5H6O4. The first-order valence-corrected chi connectivity index (χ1v) is 2.33. The van der Waals surface area contributed by atoms with E-state index in [-0.39, 0.29) is 5.76 Å². The van der Waals surface area contributed by atoms with E-state index in [1.807, 2.05) is 0 Å². The molecule has 0 aromatic rings. The van der Waals surface area contributed by atoms with Crippen LogP contribution < -0.4 is 0 Å². The summed E-state index contributed by atoms with van der Waals surface area (Å²) in [5.41, 5.74) is 0. The number of ether oxygens (including phenoxy) is 1. The SMILES string of the molecule is OC1=CO[C@H](O)C(O)=C1. The maximum Gasteiger partial charge on any atom is 0.255 e. The molecule has 1 aliphatic rings. The Balaban J connectivity index is 2.74. The van der Waals surface area contributed by atoms with Gasteiger partial charge in [-0.05, 0) is 0 Å². The van der Waals surface area contributed by atoms with Gasteiger partial charge in [0.15, 0.2) is 11.5 Å². The quantitative estimate of drug-likeness (QED) is 0.437. The summed E-state index contributed by atoms with van der Waals surface area (Å²) in [6.07, 6.45) is 0.624. The summed E-state index contributed by atoms with van der Waals surface area (Å²) in [6, 6.07) is 0. The van der Waals surface area contributed by atoms with Crippen molar-refractivity contribution in [3.05, 3.63) is 23.9 Å². The highest BCUT2D eigenvalue weighted by molar-refractivity contribution is 5.15. The third-order valence-corrected chi connectivity index (χ3v) is 0.866. The first-order valence-electron chi connectivity index (χ1n) is 2.33. The first kappa shape index (κ1) is 5.97. The van der Waals surface area contributed by atoms with Crippen molar-refractivity contribution in [1.82, 2.24) is 0 Å². The zero-order valence-corrected chi connectivity index (χ0v) is 4.48. The van der Waals surface area contributed by atoms with Crippen LogP contribution >= 0.6 is 0 Å². The van der Waals surface area contributed by atoms with Crippen LogP contribution in [0, 0.1) is 0 Å². The van der Waals surface area contributed by atoms with Gasteiger partial charge in [0, 0.05) is 6.08 Å². The molecule has 4 nitrogen and oxygen atoms in total. The second kappa shape index (κ2) is 1.99. The average Bonchev–Trinajstić information content (AvgIpc) is 1.80. The Morgan fingerprint density at radius 3 is 2.56 bits per heavy atom. The summed E-state index contributed by atoms with van der Waals surface area (Å²) in [7, 11) is 0. The van der Waals surface area contributed by atoms with Crippen molar-refractivity contribution in [1.29, 1.82) is 0 Å². The van der Waals surface area contributed by atoms with E-state index in [1.54, 1.807) is 0 Å². The average molecular weight is 130 g/mol. The highest BCUT2D eigenvalue weighted by Gasteiger charge is 2.13. The van der Waals surface area contributed by atoms with Gasteiger partial charge < -0.3 is 20.1 Å². The zero-order chi connectivity index (χ0) is 6.85. The fraction of sp³-hybridized carbons (Fsp3) is 0.200.